The summed E-state index contributed by atoms with van der Waals surface area (Å²) in [6, 6.07) is -1.27. The summed E-state index contributed by atoms with van der Waals surface area (Å²) in [6.07, 6.45) is -9.82. The Bertz CT molecular complexity index is 796. The van der Waals surface area contributed by atoms with Gasteiger partial charge in [0.05, 0.1) is 0 Å². The molecule has 0 N–H and O–H groups in total. The fourth-order valence-corrected chi connectivity index (χ4v) is 25.3. The van der Waals surface area contributed by atoms with Crippen LogP contribution in [0.2, 0.25) is 51.9 Å². The van der Waals surface area contributed by atoms with E-state index in [0.717, 1.165) is 6.55 Å². The molecule has 216 valence electrons. The molecule has 1 aliphatic heterocycles. The molecule has 0 aromatic carbocycles. The van der Waals surface area contributed by atoms with Crippen LogP contribution in [0, 0.1) is 0 Å². The van der Waals surface area contributed by atoms with Crippen molar-refractivity contribution in [1.82, 2.24) is 0 Å². The standard InChI is InChI=1S/C15H25F13O4Si4/c1-33(2)29-34(3,4)31-36(7,32-35(5,6)30-33)9-8-10(16,17)11(18,19)12(20,21)13(22,23)14(24,25)15(26,27)28/h8-9H2,1-7H3. The van der Waals surface area contributed by atoms with Gasteiger partial charge in [0, 0.05) is 6.42 Å². The van der Waals surface area contributed by atoms with E-state index in [1.54, 1.807) is 13.1 Å². The molecule has 21 heteroatoms. The minimum absolute atomic E-state index is 1.07. The van der Waals surface area contributed by atoms with Crippen LogP contribution in [0.3, 0.4) is 0 Å². The van der Waals surface area contributed by atoms with Crippen LogP contribution in [0.4, 0.5) is 57.1 Å². The Morgan fingerprint density at radius 2 is 0.750 bits per heavy atom. The topological polar surface area (TPSA) is 36.9 Å². The molecule has 0 amide bonds. The zero-order chi connectivity index (χ0) is 29.2. The maximum atomic E-state index is 14.3. The summed E-state index contributed by atoms with van der Waals surface area (Å²) in [5.74, 6) is -37.0. The number of hydrogen-bond donors (Lipinski definition) is 0. The molecule has 1 heterocycles. The van der Waals surface area contributed by atoms with E-state index in [2.05, 4.69) is 0 Å². The van der Waals surface area contributed by atoms with E-state index in [-0.39, 0.29) is 0 Å². The van der Waals surface area contributed by atoms with Gasteiger partial charge in [-0.3, -0.25) is 0 Å². The first-order valence-electron chi connectivity index (χ1n) is 10.0. The highest BCUT2D eigenvalue weighted by atomic mass is 28.5. The van der Waals surface area contributed by atoms with E-state index >= 15 is 0 Å². The predicted molar refractivity (Wildman–Crippen MR) is 109 cm³/mol. The molecule has 0 radical (unpaired) electrons. The van der Waals surface area contributed by atoms with Crippen LogP contribution in [-0.4, -0.2) is 70.0 Å². The number of halogens is 13. The SMILES string of the molecule is C[Si]1(C)O[Si](C)(C)O[Si](C)(CCC(F)(F)C(F)(F)C(F)(F)C(F)(F)C(F)(F)C(F)(F)F)O[Si](C)(C)O1. The van der Waals surface area contributed by atoms with Crippen molar-refractivity contribution in [2.24, 2.45) is 0 Å². The molecule has 36 heavy (non-hydrogen) atoms. The molecule has 0 aromatic heterocycles. The minimum Gasteiger partial charge on any atom is -0.416 e. The van der Waals surface area contributed by atoms with Crippen molar-refractivity contribution in [1.29, 1.82) is 0 Å². The van der Waals surface area contributed by atoms with Crippen LogP contribution < -0.4 is 0 Å². The van der Waals surface area contributed by atoms with Gasteiger partial charge in [-0.15, -0.1) is 0 Å². The zero-order valence-electron chi connectivity index (χ0n) is 20.0. The largest absolute Gasteiger partial charge is 0.460 e. The van der Waals surface area contributed by atoms with Crippen LogP contribution in [0.15, 0.2) is 0 Å². The van der Waals surface area contributed by atoms with E-state index in [4.69, 9.17) is 16.5 Å². The normalized spacial score (nSPS) is 23.7. The van der Waals surface area contributed by atoms with Gasteiger partial charge in [-0.05, 0) is 51.9 Å². The second kappa shape index (κ2) is 9.18. The number of hydrogen-bond acceptors (Lipinski definition) is 4. The van der Waals surface area contributed by atoms with E-state index in [1.807, 2.05) is 0 Å². The smallest absolute Gasteiger partial charge is 0.416 e. The minimum atomic E-state index is -7.93. The third-order valence-electron chi connectivity index (χ3n) is 4.80. The Kier molecular flexibility index (Phi) is 8.63. The van der Waals surface area contributed by atoms with Gasteiger partial charge < -0.3 is 16.5 Å². The van der Waals surface area contributed by atoms with Crippen LogP contribution in [0.1, 0.15) is 6.42 Å². The fraction of sp³-hybridized carbons (Fsp3) is 1.00. The molecule has 0 aliphatic carbocycles. The van der Waals surface area contributed by atoms with Crippen molar-refractivity contribution in [2.45, 2.75) is 94.1 Å². The maximum Gasteiger partial charge on any atom is 0.460 e. The van der Waals surface area contributed by atoms with Crippen molar-refractivity contribution in [2.75, 3.05) is 0 Å². The van der Waals surface area contributed by atoms with Gasteiger partial charge in [-0.25, -0.2) is 0 Å². The zero-order valence-corrected chi connectivity index (χ0v) is 24.0. The number of rotatable bonds is 7. The summed E-state index contributed by atoms with van der Waals surface area (Å²) in [5, 5.41) is 0. The second-order valence-electron chi connectivity index (χ2n) is 9.74. The Morgan fingerprint density at radius 3 is 1.08 bits per heavy atom. The third kappa shape index (κ3) is 6.33. The Labute approximate surface area is 202 Å². The average molecular weight is 629 g/mol. The van der Waals surface area contributed by atoms with E-state index in [0.29, 0.717) is 0 Å². The molecule has 4 nitrogen and oxygen atoms in total. The van der Waals surface area contributed by atoms with Crippen LogP contribution >= 0.6 is 0 Å². The lowest BCUT2D eigenvalue weighted by molar-refractivity contribution is -0.440. The number of alkyl halides is 13. The first-order valence-corrected chi connectivity index (χ1v) is 21.0. The molecule has 1 aliphatic rings. The molecular weight excluding hydrogens is 603 g/mol. The Balaban J connectivity index is 3.35. The average Bonchev–Trinajstić information content (AvgIpc) is 2.54. The lowest BCUT2D eigenvalue weighted by Crippen LogP contribution is -2.70. The first kappa shape index (κ1) is 33.8. The molecule has 0 spiro atoms. The Morgan fingerprint density at radius 1 is 0.444 bits per heavy atom. The van der Waals surface area contributed by atoms with Crippen molar-refractivity contribution < 1.29 is 73.5 Å². The molecule has 0 unspecified atom stereocenters. The van der Waals surface area contributed by atoms with E-state index in [9.17, 15) is 57.1 Å². The molecular formula is C15H25F13O4Si4. The molecule has 1 fully saturated rings. The summed E-state index contributed by atoms with van der Waals surface area (Å²) in [7, 11) is -13.6. The van der Waals surface area contributed by atoms with Crippen LogP contribution in [-0.2, 0) is 16.5 Å². The highest BCUT2D eigenvalue weighted by Gasteiger charge is 2.90. The summed E-state index contributed by atoms with van der Waals surface area (Å²) >= 11 is 0. The van der Waals surface area contributed by atoms with Gasteiger partial charge in [0.1, 0.15) is 0 Å². The molecule has 0 atom stereocenters. The summed E-state index contributed by atoms with van der Waals surface area (Å²) in [6.45, 7) is 9.96. The molecule has 0 aromatic rings. The van der Waals surface area contributed by atoms with Crippen LogP contribution in [0.25, 0.3) is 0 Å². The first-order chi connectivity index (χ1) is 15.3. The van der Waals surface area contributed by atoms with Crippen molar-refractivity contribution in [3.63, 3.8) is 0 Å². The van der Waals surface area contributed by atoms with Crippen molar-refractivity contribution >= 4 is 34.2 Å². The van der Waals surface area contributed by atoms with E-state index < -0.39 is 82.5 Å². The van der Waals surface area contributed by atoms with Gasteiger partial charge in [-0.2, -0.15) is 57.1 Å². The van der Waals surface area contributed by atoms with Gasteiger partial charge >= 0.3 is 70.0 Å². The highest BCUT2D eigenvalue weighted by Crippen LogP contribution is 2.61. The van der Waals surface area contributed by atoms with E-state index in [1.165, 1.54) is 26.2 Å². The maximum absolute atomic E-state index is 14.3. The van der Waals surface area contributed by atoms with Gasteiger partial charge in [0.2, 0.25) is 0 Å². The summed E-state index contributed by atoms with van der Waals surface area (Å²) in [4.78, 5) is 0. The molecule has 0 saturated carbocycles. The lowest BCUT2D eigenvalue weighted by Gasteiger charge is -2.48. The fourth-order valence-electron chi connectivity index (χ4n) is 3.75. The summed E-state index contributed by atoms with van der Waals surface area (Å²) < 4.78 is 197. The quantitative estimate of drug-likeness (QED) is 0.218. The van der Waals surface area contributed by atoms with Crippen molar-refractivity contribution in [3.05, 3.63) is 0 Å². The lowest BCUT2D eigenvalue weighted by atomic mass is 9.93. The molecule has 1 saturated heterocycles. The van der Waals surface area contributed by atoms with Gasteiger partial charge in [0.25, 0.3) is 0 Å². The monoisotopic (exact) mass is 628 g/mol. The third-order valence-corrected chi connectivity index (χ3v) is 21.2. The molecule has 1 rings (SSSR count). The molecule has 0 bridgehead atoms. The predicted octanol–water partition coefficient (Wildman–Crippen LogP) is 7.37. The highest BCUT2D eigenvalue weighted by molar-refractivity contribution is 6.93. The van der Waals surface area contributed by atoms with Crippen molar-refractivity contribution in [3.8, 4) is 0 Å². The van der Waals surface area contributed by atoms with Crippen LogP contribution in [0.5, 0.6) is 0 Å². The Hall–Kier alpha value is -0.202. The second-order valence-corrected chi connectivity index (χ2v) is 24.2. The van der Waals surface area contributed by atoms with Gasteiger partial charge in [-0.1, -0.05) is 0 Å². The summed E-state index contributed by atoms with van der Waals surface area (Å²) in [5.41, 5.74) is 0. The van der Waals surface area contributed by atoms with Gasteiger partial charge in [0.15, 0.2) is 0 Å².